The summed E-state index contributed by atoms with van der Waals surface area (Å²) in [7, 11) is 0. The first-order chi connectivity index (χ1) is 5.67. The smallest absolute Gasteiger partial charge is 0.164 e. The van der Waals surface area contributed by atoms with Gasteiger partial charge in [0.25, 0.3) is 0 Å². The molecule has 0 saturated heterocycles. The van der Waals surface area contributed by atoms with Crippen molar-refractivity contribution in [3.8, 4) is 0 Å². The van der Waals surface area contributed by atoms with Crippen molar-refractivity contribution in [1.82, 2.24) is 0 Å². The third-order valence-electron chi connectivity index (χ3n) is 2.28. The van der Waals surface area contributed by atoms with E-state index in [0.29, 0.717) is 6.42 Å². The Morgan fingerprint density at radius 2 is 1.75 bits per heavy atom. The van der Waals surface area contributed by atoms with Crippen molar-refractivity contribution < 1.29 is 9.90 Å². The summed E-state index contributed by atoms with van der Waals surface area (Å²) >= 11 is 0. The van der Waals surface area contributed by atoms with Gasteiger partial charge in [-0.1, -0.05) is 27.2 Å². The summed E-state index contributed by atoms with van der Waals surface area (Å²) in [6.45, 7) is 5.96. The average Bonchev–Trinajstić information content (AvgIpc) is 2.07. The molecular formula is C10H20O2. The monoisotopic (exact) mass is 172 g/mol. The minimum atomic E-state index is -0.722. The van der Waals surface area contributed by atoms with Crippen molar-refractivity contribution >= 4 is 5.78 Å². The van der Waals surface area contributed by atoms with E-state index < -0.39 is 6.10 Å². The van der Waals surface area contributed by atoms with Crippen LogP contribution in [-0.4, -0.2) is 17.0 Å². The predicted octanol–water partition coefficient (Wildman–Crippen LogP) is 2.15. The lowest BCUT2D eigenvalue weighted by Gasteiger charge is -2.15. The van der Waals surface area contributed by atoms with Crippen LogP contribution in [0.25, 0.3) is 0 Å². The minimum Gasteiger partial charge on any atom is -0.385 e. The molecule has 2 nitrogen and oxygen atoms in total. The fraction of sp³-hybridized carbons (Fsp3) is 0.900. The number of aliphatic hydroxyl groups excluding tert-OH is 1. The van der Waals surface area contributed by atoms with Gasteiger partial charge in [0.05, 0.1) is 0 Å². The molecule has 0 heterocycles. The summed E-state index contributed by atoms with van der Waals surface area (Å²) in [6, 6.07) is 0. The van der Waals surface area contributed by atoms with E-state index in [4.69, 9.17) is 0 Å². The number of aliphatic hydroxyl groups is 1. The zero-order chi connectivity index (χ0) is 9.56. The van der Waals surface area contributed by atoms with Gasteiger partial charge in [-0.3, -0.25) is 4.79 Å². The number of hydrogen-bond donors (Lipinski definition) is 1. The van der Waals surface area contributed by atoms with E-state index in [1.807, 2.05) is 20.8 Å². The van der Waals surface area contributed by atoms with Crippen LogP contribution in [0, 0.1) is 5.92 Å². The van der Waals surface area contributed by atoms with Gasteiger partial charge in [0.15, 0.2) is 5.78 Å². The first kappa shape index (κ1) is 11.6. The number of hydrogen-bond acceptors (Lipinski definition) is 2. The third kappa shape index (κ3) is 3.35. The molecule has 1 unspecified atom stereocenters. The lowest BCUT2D eigenvalue weighted by Crippen LogP contribution is -2.27. The highest BCUT2D eigenvalue weighted by Crippen LogP contribution is 2.13. The lowest BCUT2D eigenvalue weighted by atomic mass is 9.93. The quantitative estimate of drug-likeness (QED) is 0.666. The maximum absolute atomic E-state index is 11.4. The van der Waals surface area contributed by atoms with Gasteiger partial charge in [0.2, 0.25) is 0 Å². The number of rotatable bonds is 6. The Morgan fingerprint density at radius 3 is 2.08 bits per heavy atom. The van der Waals surface area contributed by atoms with Crippen LogP contribution in [-0.2, 0) is 4.79 Å². The Bertz CT molecular complexity index is 128. The Kier molecular flexibility index (Phi) is 5.99. The highest BCUT2D eigenvalue weighted by Gasteiger charge is 2.21. The van der Waals surface area contributed by atoms with Crippen LogP contribution in [0.5, 0.6) is 0 Å². The molecule has 0 spiro atoms. The van der Waals surface area contributed by atoms with Gasteiger partial charge < -0.3 is 5.11 Å². The summed E-state index contributed by atoms with van der Waals surface area (Å²) in [5.74, 6) is 0.0911. The van der Waals surface area contributed by atoms with Crippen LogP contribution in [0.15, 0.2) is 0 Å². The van der Waals surface area contributed by atoms with Crippen LogP contribution in [0.3, 0.4) is 0 Å². The Balaban J connectivity index is 3.97. The molecule has 0 aliphatic heterocycles. The molecular weight excluding hydrogens is 152 g/mol. The summed E-state index contributed by atoms with van der Waals surface area (Å²) in [4.78, 5) is 11.4. The van der Waals surface area contributed by atoms with E-state index in [1.165, 1.54) is 0 Å². The second kappa shape index (κ2) is 6.18. The highest BCUT2D eigenvalue weighted by molar-refractivity contribution is 5.85. The number of Topliss-reactive ketones (excluding diaryl/α,β-unsaturated/α-hetero) is 1. The molecule has 0 aromatic rings. The zero-order valence-electron chi connectivity index (χ0n) is 8.34. The SMILES string of the molecule is CCCC(O)C(=O)C(CC)CC. The zero-order valence-corrected chi connectivity index (χ0v) is 8.34. The maximum Gasteiger partial charge on any atom is 0.164 e. The molecule has 0 aromatic heterocycles. The Hall–Kier alpha value is -0.370. The largest absolute Gasteiger partial charge is 0.385 e. The van der Waals surface area contributed by atoms with Crippen LogP contribution < -0.4 is 0 Å². The summed E-state index contributed by atoms with van der Waals surface area (Å²) in [5.41, 5.74) is 0. The van der Waals surface area contributed by atoms with Crippen molar-refractivity contribution in [2.24, 2.45) is 5.92 Å². The van der Waals surface area contributed by atoms with Gasteiger partial charge >= 0.3 is 0 Å². The molecule has 0 rings (SSSR count). The van der Waals surface area contributed by atoms with Crippen molar-refractivity contribution in [2.45, 2.75) is 52.6 Å². The summed E-state index contributed by atoms with van der Waals surface area (Å²) in [5, 5.41) is 9.40. The normalized spacial score (nSPS) is 13.4. The van der Waals surface area contributed by atoms with Crippen LogP contribution in [0.4, 0.5) is 0 Å². The van der Waals surface area contributed by atoms with Crippen molar-refractivity contribution in [2.75, 3.05) is 0 Å². The van der Waals surface area contributed by atoms with Gasteiger partial charge in [-0.15, -0.1) is 0 Å². The lowest BCUT2D eigenvalue weighted by molar-refractivity contribution is -0.131. The van der Waals surface area contributed by atoms with Crippen molar-refractivity contribution in [1.29, 1.82) is 0 Å². The van der Waals surface area contributed by atoms with Crippen molar-refractivity contribution in [3.05, 3.63) is 0 Å². The standard InChI is InChI=1S/C10H20O2/c1-4-7-9(11)10(12)8(5-2)6-3/h8-9,11H,4-7H2,1-3H3. The van der Waals surface area contributed by atoms with E-state index in [1.54, 1.807) is 0 Å². The second-order valence-electron chi connectivity index (χ2n) is 3.22. The number of carbonyl (C=O) groups is 1. The first-order valence-electron chi connectivity index (χ1n) is 4.89. The first-order valence-corrected chi connectivity index (χ1v) is 4.89. The molecule has 1 atom stereocenters. The molecule has 12 heavy (non-hydrogen) atoms. The van der Waals surface area contributed by atoms with Crippen molar-refractivity contribution in [3.63, 3.8) is 0 Å². The van der Waals surface area contributed by atoms with Gasteiger partial charge in [-0.05, 0) is 19.3 Å². The molecule has 1 N–H and O–H groups in total. The maximum atomic E-state index is 11.4. The predicted molar refractivity (Wildman–Crippen MR) is 50.0 cm³/mol. The van der Waals surface area contributed by atoms with Crippen LogP contribution >= 0.6 is 0 Å². The molecule has 0 aromatic carbocycles. The van der Waals surface area contributed by atoms with Gasteiger partial charge in [0.1, 0.15) is 6.10 Å². The topological polar surface area (TPSA) is 37.3 Å². The van der Waals surface area contributed by atoms with E-state index >= 15 is 0 Å². The highest BCUT2D eigenvalue weighted by atomic mass is 16.3. The molecule has 0 amide bonds. The van der Waals surface area contributed by atoms with Gasteiger partial charge in [-0.25, -0.2) is 0 Å². The van der Waals surface area contributed by atoms with Crippen LogP contribution in [0.2, 0.25) is 0 Å². The number of ketones is 1. The molecule has 0 aliphatic carbocycles. The van der Waals surface area contributed by atoms with E-state index in [9.17, 15) is 9.90 Å². The van der Waals surface area contributed by atoms with Gasteiger partial charge in [0, 0.05) is 5.92 Å². The average molecular weight is 172 g/mol. The Labute approximate surface area is 75.0 Å². The Morgan fingerprint density at radius 1 is 1.25 bits per heavy atom. The van der Waals surface area contributed by atoms with E-state index in [0.717, 1.165) is 19.3 Å². The molecule has 0 saturated carbocycles. The number of carbonyl (C=O) groups excluding carboxylic acids is 1. The molecule has 0 radical (unpaired) electrons. The molecule has 0 aliphatic rings. The van der Waals surface area contributed by atoms with Gasteiger partial charge in [-0.2, -0.15) is 0 Å². The fourth-order valence-electron chi connectivity index (χ4n) is 1.38. The van der Waals surface area contributed by atoms with E-state index in [-0.39, 0.29) is 11.7 Å². The second-order valence-corrected chi connectivity index (χ2v) is 3.22. The molecule has 2 heteroatoms. The molecule has 72 valence electrons. The summed E-state index contributed by atoms with van der Waals surface area (Å²) < 4.78 is 0. The molecule has 0 fully saturated rings. The minimum absolute atomic E-state index is 0.0295. The van der Waals surface area contributed by atoms with E-state index in [2.05, 4.69) is 0 Å². The van der Waals surface area contributed by atoms with Crippen LogP contribution in [0.1, 0.15) is 46.5 Å². The molecule has 0 bridgehead atoms. The summed E-state index contributed by atoms with van der Waals surface area (Å²) in [6.07, 6.45) is 2.44. The third-order valence-corrected chi connectivity index (χ3v) is 2.28. The fourth-order valence-corrected chi connectivity index (χ4v) is 1.38.